The zero-order valence-electron chi connectivity index (χ0n) is 12.5. The fourth-order valence-corrected chi connectivity index (χ4v) is 3.61. The van der Waals surface area contributed by atoms with Crippen molar-refractivity contribution in [1.29, 1.82) is 0 Å². The fraction of sp³-hybridized carbons (Fsp3) is 0.375. The van der Waals surface area contributed by atoms with E-state index >= 15 is 0 Å². The summed E-state index contributed by atoms with van der Waals surface area (Å²) in [5.74, 6) is 1.76. The van der Waals surface area contributed by atoms with E-state index in [-0.39, 0.29) is 6.04 Å². The van der Waals surface area contributed by atoms with Crippen LogP contribution in [0.25, 0.3) is 11.3 Å². The number of sulfonamides is 1. The highest BCUT2D eigenvalue weighted by molar-refractivity contribution is 7.88. The molecule has 0 radical (unpaired) electrons. The monoisotopic (exact) mass is 320 g/mol. The van der Waals surface area contributed by atoms with Gasteiger partial charge in [0.1, 0.15) is 11.5 Å². The molecule has 1 aliphatic rings. The van der Waals surface area contributed by atoms with Crippen LogP contribution in [0.5, 0.6) is 0 Å². The van der Waals surface area contributed by atoms with E-state index in [1.807, 2.05) is 42.5 Å². The Balaban J connectivity index is 1.60. The van der Waals surface area contributed by atoms with Gasteiger partial charge in [0, 0.05) is 24.7 Å². The van der Waals surface area contributed by atoms with Crippen molar-refractivity contribution in [1.82, 2.24) is 9.62 Å². The van der Waals surface area contributed by atoms with E-state index in [0.29, 0.717) is 13.1 Å². The van der Waals surface area contributed by atoms with Crippen LogP contribution in [0.15, 0.2) is 46.9 Å². The summed E-state index contributed by atoms with van der Waals surface area (Å²) in [6.45, 7) is 2.29. The van der Waals surface area contributed by atoms with Crippen molar-refractivity contribution in [2.75, 3.05) is 19.3 Å². The minimum absolute atomic E-state index is 0.00134. The molecule has 22 heavy (non-hydrogen) atoms. The molecule has 1 saturated heterocycles. The van der Waals surface area contributed by atoms with Crippen LogP contribution in [0.3, 0.4) is 0 Å². The Morgan fingerprint density at radius 2 is 2.00 bits per heavy atom. The van der Waals surface area contributed by atoms with Gasteiger partial charge in [-0.3, -0.25) is 4.90 Å². The van der Waals surface area contributed by atoms with Gasteiger partial charge >= 0.3 is 0 Å². The van der Waals surface area contributed by atoms with Gasteiger partial charge in [-0.25, -0.2) is 13.1 Å². The van der Waals surface area contributed by atoms with Crippen LogP contribution in [-0.4, -0.2) is 38.7 Å². The molecule has 0 amide bonds. The number of nitrogens with zero attached hydrogens (tertiary/aromatic N) is 1. The minimum Gasteiger partial charge on any atom is -0.460 e. The smallest absolute Gasteiger partial charge is 0.208 e. The molecule has 118 valence electrons. The summed E-state index contributed by atoms with van der Waals surface area (Å²) in [4.78, 5) is 2.20. The van der Waals surface area contributed by atoms with Crippen molar-refractivity contribution in [3.8, 4) is 11.3 Å². The molecule has 1 atom stereocenters. The first-order valence-corrected chi connectivity index (χ1v) is 9.22. The Kier molecular flexibility index (Phi) is 4.33. The number of hydrogen-bond donors (Lipinski definition) is 1. The first kappa shape index (κ1) is 15.3. The van der Waals surface area contributed by atoms with E-state index in [0.717, 1.165) is 30.0 Å². The van der Waals surface area contributed by atoms with Crippen LogP contribution >= 0.6 is 0 Å². The van der Waals surface area contributed by atoms with Gasteiger partial charge in [0.05, 0.1) is 12.8 Å². The first-order chi connectivity index (χ1) is 10.5. The molecule has 1 N–H and O–H groups in total. The summed E-state index contributed by atoms with van der Waals surface area (Å²) >= 11 is 0. The van der Waals surface area contributed by atoms with Gasteiger partial charge in [0.15, 0.2) is 0 Å². The lowest BCUT2D eigenvalue weighted by Gasteiger charge is -2.14. The Labute approximate surface area is 131 Å². The molecule has 2 aromatic rings. The average molecular weight is 320 g/mol. The van der Waals surface area contributed by atoms with Gasteiger partial charge in [-0.05, 0) is 18.6 Å². The fourth-order valence-electron chi connectivity index (χ4n) is 2.82. The van der Waals surface area contributed by atoms with Crippen molar-refractivity contribution in [2.45, 2.75) is 19.0 Å². The molecule has 0 saturated carbocycles. The van der Waals surface area contributed by atoms with Crippen molar-refractivity contribution < 1.29 is 12.8 Å². The summed E-state index contributed by atoms with van der Waals surface area (Å²) < 4.78 is 31.1. The van der Waals surface area contributed by atoms with Crippen LogP contribution in [0, 0.1) is 0 Å². The van der Waals surface area contributed by atoms with Crippen LogP contribution in [0.4, 0.5) is 0 Å². The molecular weight excluding hydrogens is 300 g/mol. The SMILES string of the molecule is CS(=O)(=O)N[C@H]1CCN(Cc2ccc(-c3ccccc3)o2)C1. The van der Waals surface area contributed by atoms with Gasteiger partial charge in [-0.15, -0.1) is 0 Å². The molecule has 1 aromatic carbocycles. The molecule has 1 aromatic heterocycles. The maximum absolute atomic E-state index is 11.3. The lowest BCUT2D eigenvalue weighted by Crippen LogP contribution is -2.36. The van der Waals surface area contributed by atoms with Crippen molar-refractivity contribution in [3.05, 3.63) is 48.2 Å². The van der Waals surface area contributed by atoms with Gasteiger partial charge in [-0.1, -0.05) is 30.3 Å². The highest BCUT2D eigenvalue weighted by atomic mass is 32.2. The summed E-state index contributed by atoms with van der Waals surface area (Å²) in [5, 5.41) is 0. The van der Waals surface area contributed by atoms with E-state index < -0.39 is 10.0 Å². The predicted molar refractivity (Wildman–Crippen MR) is 85.8 cm³/mol. The van der Waals surface area contributed by atoms with Crippen LogP contribution < -0.4 is 4.72 Å². The van der Waals surface area contributed by atoms with Gasteiger partial charge < -0.3 is 4.42 Å². The maximum Gasteiger partial charge on any atom is 0.208 e. The summed E-state index contributed by atoms with van der Waals surface area (Å²) in [7, 11) is -3.14. The van der Waals surface area contributed by atoms with E-state index in [1.54, 1.807) is 0 Å². The van der Waals surface area contributed by atoms with Gasteiger partial charge in [-0.2, -0.15) is 0 Å². The predicted octanol–water partition coefficient (Wildman–Crippen LogP) is 2.07. The van der Waals surface area contributed by atoms with Crippen LogP contribution in [0.2, 0.25) is 0 Å². The van der Waals surface area contributed by atoms with E-state index in [9.17, 15) is 8.42 Å². The first-order valence-electron chi connectivity index (χ1n) is 7.33. The Hall–Kier alpha value is -1.63. The number of hydrogen-bond acceptors (Lipinski definition) is 4. The molecule has 2 heterocycles. The maximum atomic E-state index is 11.3. The van der Waals surface area contributed by atoms with E-state index in [2.05, 4.69) is 9.62 Å². The molecule has 0 aliphatic carbocycles. The topological polar surface area (TPSA) is 62.6 Å². The second kappa shape index (κ2) is 6.24. The Bertz CT molecular complexity index is 725. The van der Waals surface area contributed by atoms with Crippen LogP contribution in [0.1, 0.15) is 12.2 Å². The number of nitrogens with one attached hydrogen (secondary N) is 1. The number of furan rings is 1. The van der Waals surface area contributed by atoms with E-state index in [4.69, 9.17) is 4.42 Å². The number of likely N-dealkylation sites (tertiary alicyclic amines) is 1. The lowest BCUT2D eigenvalue weighted by atomic mass is 10.2. The lowest BCUT2D eigenvalue weighted by molar-refractivity contribution is 0.294. The standard InChI is InChI=1S/C16H20N2O3S/c1-22(19,20)17-14-9-10-18(11-14)12-15-7-8-16(21-15)13-5-3-2-4-6-13/h2-8,14,17H,9-12H2,1H3/t14-/m0/s1. The Morgan fingerprint density at radius 3 is 2.73 bits per heavy atom. The quantitative estimate of drug-likeness (QED) is 0.916. The Morgan fingerprint density at radius 1 is 1.23 bits per heavy atom. The van der Waals surface area contributed by atoms with Crippen LogP contribution in [-0.2, 0) is 16.6 Å². The van der Waals surface area contributed by atoms with Crippen molar-refractivity contribution in [2.24, 2.45) is 0 Å². The highest BCUT2D eigenvalue weighted by Gasteiger charge is 2.25. The zero-order valence-corrected chi connectivity index (χ0v) is 13.3. The molecule has 5 nitrogen and oxygen atoms in total. The molecule has 1 fully saturated rings. The molecule has 0 bridgehead atoms. The third-order valence-corrected chi connectivity index (χ3v) is 4.51. The average Bonchev–Trinajstić information content (AvgIpc) is 3.08. The van der Waals surface area contributed by atoms with Crippen molar-refractivity contribution in [3.63, 3.8) is 0 Å². The summed E-state index contributed by atoms with van der Waals surface area (Å²) in [6, 6.07) is 14.0. The summed E-state index contributed by atoms with van der Waals surface area (Å²) in [6.07, 6.45) is 2.04. The second-order valence-corrected chi connectivity index (χ2v) is 7.52. The number of benzene rings is 1. The third kappa shape index (κ3) is 3.97. The molecule has 6 heteroatoms. The normalized spacial score (nSPS) is 19.6. The number of rotatable bonds is 5. The zero-order chi connectivity index (χ0) is 15.6. The van der Waals surface area contributed by atoms with Gasteiger partial charge in [0.25, 0.3) is 0 Å². The highest BCUT2D eigenvalue weighted by Crippen LogP contribution is 2.23. The third-order valence-electron chi connectivity index (χ3n) is 3.75. The van der Waals surface area contributed by atoms with Crippen molar-refractivity contribution >= 4 is 10.0 Å². The minimum atomic E-state index is -3.14. The molecule has 3 rings (SSSR count). The molecule has 0 spiro atoms. The largest absolute Gasteiger partial charge is 0.460 e. The molecular formula is C16H20N2O3S. The summed E-state index contributed by atoms with van der Waals surface area (Å²) in [5.41, 5.74) is 1.06. The molecule has 0 unspecified atom stereocenters. The second-order valence-electron chi connectivity index (χ2n) is 5.74. The molecule has 1 aliphatic heterocycles. The van der Waals surface area contributed by atoms with Gasteiger partial charge in [0.2, 0.25) is 10.0 Å². The van der Waals surface area contributed by atoms with E-state index in [1.165, 1.54) is 6.26 Å².